The number of benzene rings is 1. The van der Waals surface area contributed by atoms with Gasteiger partial charge in [0.25, 0.3) is 0 Å². The molecule has 8 heteroatoms. The van der Waals surface area contributed by atoms with Gasteiger partial charge in [-0.1, -0.05) is 54.0 Å². The van der Waals surface area contributed by atoms with Crippen molar-refractivity contribution in [1.29, 1.82) is 0 Å². The van der Waals surface area contributed by atoms with Crippen LogP contribution in [0, 0.1) is 17.3 Å². The fourth-order valence-electron chi connectivity index (χ4n) is 2.01. The first-order valence-corrected chi connectivity index (χ1v) is 8.14. The van der Waals surface area contributed by atoms with Crippen molar-refractivity contribution < 1.29 is 9.94 Å². The average molecular weight is 381 g/mol. The second kappa shape index (κ2) is 7.87. The van der Waals surface area contributed by atoms with Crippen molar-refractivity contribution in [3.05, 3.63) is 46.5 Å². The number of halogens is 2. The van der Waals surface area contributed by atoms with Gasteiger partial charge in [0.1, 0.15) is 19.8 Å². The normalized spacial score (nSPS) is 14.0. The van der Waals surface area contributed by atoms with Crippen molar-refractivity contribution in [2.45, 2.75) is 26.0 Å². The van der Waals surface area contributed by atoms with E-state index in [0.717, 1.165) is 0 Å². The Kier molecular flexibility index (Phi) is 6.07. The van der Waals surface area contributed by atoms with E-state index in [9.17, 15) is 5.11 Å². The minimum atomic E-state index is -1.51. The maximum Gasteiger partial charge on any atom is 0.155 e. The Bertz CT molecular complexity index is 810. The molecule has 0 aliphatic carbocycles. The lowest BCUT2D eigenvalue weighted by Gasteiger charge is -2.35. The molecular weight excluding hydrogens is 363 g/mol. The first kappa shape index (κ1) is 19.3. The van der Waals surface area contributed by atoms with Crippen molar-refractivity contribution in [1.82, 2.24) is 14.8 Å². The lowest BCUT2D eigenvalue weighted by Crippen LogP contribution is -2.48. The highest BCUT2D eigenvalue weighted by Gasteiger charge is 2.42. The predicted molar refractivity (Wildman–Crippen MR) is 97.6 cm³/mol. The Labute approximate surface area is 156 Å². The molecule has 0 amide bonds. The van der Waals surface area contributed by atoms with Crippen molar-refractivity contribution >= 4 is 29.4 Å². The third kappa shape index (κ3) is 4.73. The monoisotopic (exact) mass is 380 g/mol. The lowest BCUT2D eigenvalue weighted by atomic mass is 9.75. The van der Waals surface area contributed by atoms with Crippen LogP contribution in [-0.4, -0.2) is 38.8 Å². The van der Waals surface area contributed by atoms with Crippen molar-refractivity contribution in [2.75, 3.05) is 7.11 Å². The van der Waals surface area contributed by atoms with Crippen LogP contribution in [0.4, 0.5) is 0 Å². The zero-order valence-corrected chi connectivity index (χ0v) is 15.6. The van der Waals surface area contributed by atoms with E-state index < -0.39 is 11.0 Å². The molecule has 0 aliphatic rings. The fraction of sp³-hybridized carbons (Fsp3) is 0.353. The van der Waals surface area contributed by atoms with E-state index in [1.54, 1.807) is 32.0 Å². The second-order valence-corrected chi connectivity index (χ2v) is 6.81. The molecular formula is C17H18Cl2N4O2. The van der Waals surface area contributed by atoms with Crippen LogP contribution < -0.4 is 0 Å². The smallest absolute Gasteiger partial charge is 0.155 e. The summed E-state index contributed by atoms with van der Waals surface area (Å²) in [5.74, 6) is 5.82. The van der Waals surface area contributed by atoms with E-state index in [0.29, 0.717) is 15.6 Å². The van der Waals surface area contributed by atoms with Gasteiger partial charge >= 0.3 is 0 Å². The maximum atomic E-state index is 11.3. The summed E-state index contributed by atoms with van der Waals surface area (Å²) in [6.45, 7) is 3.68. The molecule has 6 nitrogen and oxygen atoms in total. The summed E-state index contributed by atoms with van der Waals surface area (Å²) in [6.07, 6.45) is 4.40. The molecule has 2 aromatic rings. The van der Waals surface area contributed by atoms with E-state index >= 15 is 0 Å². The lowest BCUT2D eigenvalue weighted by molar-refractivity contribution is 0.00538. The minimum Gasteiger partial charge on any atom is -0.399 e. The molecule has 0 aliphatic heterocycles. The molecule has 2 rings (SSSR count). The van der Waals surface area contributed by atoms with Crippen LogP contribution >= 0.6 is 23.2 Å². The van der Waals surface area contributed by atoms with Gasteiger partial charge in [-0.2, -0.15) is 5.10 Å². The average Bonchev–Trinajstić information content (AvgIpc) is 3.04. The molecule has 132 valence electrons. The van der Waals surface area contributed by atoms with Crippen molar-refractivity contribution in [3.8, 4) is 11.8 Å². The first-order chi connectivity index (χ1) is 11.8. The zero-order valence-electron chi connectivity index (χ0n) is 14.1. The van der Waals surface area contributed by atoms with E-state index in [-0.39, 0.29) is 6.54 Å². The van der Waals surface area contributed by atoms with E-state index in [1.165, 1.54) is 30.7 Å². The van der Waals surface area contributed by atoms with E-state index in [4.69, 9.17) is 28.0 Å². The van der Waals surface area contributed by atoms with Crippen molar-refractivity contribution in [3.63, 3.8) is 0 Å². The largest absolute Gasteiger partial charge is 0.399 e. The summed E-state index contributed by atoms with van der Waals surface area (Å²) < 4.78 is 1.50. The van der Waals surface area contributed by atoms with Gasteiger partial charge in [-0.05, 0) is 18.2 Å². The Balaban J connectivity index is 2.45. The number of rotatable bonds is 5. The Morgan fingerprint density at radius 3 is 2.76 bits per heavy atom. The number of hydrogen-bond donors (Lipinski definition) is 1. The van der Waals surface area contributed by atoms with Gasteiger partial charge < -0.3 is 9.94 Å². The number of aliphatic hydroxyl groups is 1. The third-order valence-electron chi connectivity index (χ3n) is 3.74. The number of nitrogens with zero attached hydrogens (tertiary/aromatic N) is 4. The summed E-state index contributed by atoms with van der Waals surface area (Å²) >= 11 is 12.1. The first-order valence-electron chi connectivity index (χ1n) is 7.38. The molecule has 0 bridgehead atoms. The highest BCUT2D eigenvalue weighted by molar-refractivity contribution is 6.35. The topological polar surface area (TPSA) is 72.5 Å². The minimum absolute atomic E-state index is 0.0912. The maximum absolute atomic E-state index is 11.3. The highest BCUT2D eigenvalue weighted by atomic mass is 35.5. The van der Waals surface area contributed by atoms with Crippen LogP contribution in [0.5, 0.6) is 0 Å². The Morgan fingerprint density at radius 2 is 2.16 bits per heavy atom. The molecule has 1 unspecified atom stereocenters. The van der Waals surface area contributed by atoms with Crippen LogP contribution in [0.25, 0.3) is 0 Å². The molecule has 1 aromatic heterocycles. The Morgan fingerprint density at radius 1 is 1.40 bits per heavy atom. The van der Waals surface area contributed by atoms with Crippen LogP contribution in [0.2, 0.25) is 10.0 Å². The van der Waals surface area contributed by atoms with Crippen LogP contribution in [0.3, 0.4) is 0 Å². The SMILES string of the molecule is CON=CC(C)(C)C(O)(C#Cc1ccc(Cl)cc1Cl)Cn1cncn1. The molecule has 25 heavy (non-hydrogen) atoms. The molecule has 0 saturated heterocycles. The third-order valence-corrected chi connectivity index (χ3v) is 4.29. The van der Waals surface area contributed by atoms with Crippen LogP contribution in [0.15, 0.2) is 36.0 Å². The fourth-order valence-corrected chi connectivity index (χ4v) is 2.46. The molecule has 1 N–H and O–H groups in total. The van der Waals surface area contributed by atoms with Gasteiger partial charge in [-0.25, -0.2) is 9.67 Å². The van der Waals surface area contributed by atoms with Crippen LogP contribution in [-0.2, 0) is 11.4 Å². The molecule has 0 saturated carbocycles. The van der Waals surface area contributed by atoms with E-state index in [2.05, 4.69) is 27.1 Å². The van der Waals surface area contributed by atoms with Gasteiger partial charge in [0.15, 0.2) is 5.60 Å². The molecule has 1 atom stereocenters. The summed E-state index contributed by atoms with van der Waals surface area (Å²) in [5.41, 5.74) is -1.80. The standard InChI is InChI=1S/C17H18Cl2N4O2/c1-16(2,9-22-25-3)17(24,10-23-12-20-11-21-23)7-6-13-4-5-14(18)8-15(13)19/h4-5,8-9,11-12,24H,10H2,1-3H3. The summed E-state index contributed by atoms with van der Waals surface area (Å²) in [7, 11) is 1.43. The molecule has 1 aromatic carbocycles. The zero-order chi connectivity index (χ0) is 18.5. The number of oxime groups is 1. The van der Waals surface area contributed by atoms with Gasteiger partial charge in [0.05, 0.1) is 17.8 Å². The summed E-state index contributed by atoms with van der Waals surface area (Å²) in [6, 6.07) is 4.98. The summed E-state index contributed by atoms with van der Waals surface area (Å²) in [5, 5.41) is 20.0. The molecule has 0 spiro atoms. The molecule has 0 fully saturated rings. The molecule has 0 radical (unpaired) electrons. The van der Waals surface area contributed by atoms with Gasteiger partial charge in [-0.15, -0.1) is 0 Å². The molecule has 1 heterocycles. The quantitative estimate of drug-likeness (QED) is 0.491. The number of hydrogen-bond acceptors (Lipinski definition) is 5. The van der Waals surface area contributed by atoms with Crippen LogP contribution in [0.1, 0.15) is 19.4 Å². The number of aromatic nitrogens is 3. The van der Waals surface area contributed by atoms with Gasteiger partial charge in [-0.3, -0.25) is 0 Å². The second-order valence-electron chi connectivity index (χ2n) is 5.97. The van der Waals surface area contributed by atoms with E-state index in [1.807, 2.05) is 0 Å². The predicted octanol–water partition coefficient (Wildman–Crippen LogP) is 3.03. The van der Waals surface area contributed by atoms with Gasteiger partial charge in [0, 0.05) is 16.0 Å². The van der Waals surface area contributed by atoms with Gasteiger partial charge in [0.2, 0.25) is 0 Å². The van der Waals surface area contributed by atoms with Crippen molar-refractivity contribution in [2.24, 2.45) is 10.6 Å². The Hall–Kier alpha value is -2.07. The highest BCUT2D eigenvalue weighted by Crippen LogP contribution is 2.31. The summed E-state index contributed by atoms with van der Waals surface area (Å²) in [4.78, 5) is 8.63.